The summed E-state index contributed by atoms with van der Waals surface area (Å²) in [4.78, 5) is 4.51. The van der Waals surface area contributed by atoms with Gasteiger partial charge in [-0.3, -0.25) is 4.68 Å². The van der Waals surface area contributed by atoms with Crippen molar-refractivity contribution in [1.82, 2.24) is 19.9 Å². The van der Waals surface area contributed by atoms with Gasteiger partial charge >= 0.3 is 0 Å². The normalized spacial score (nSPS) is 11.4. The van der Waals surface area contributed by atoms with Crippen molar-refractivity contribution in [2.75, 3.05) is 0 Å². The molecule has 4 rings (SSSR count). The highest BCUT2D eigenvalue weighted by atomic mass is 31.0. The zero-order valence-corrected chi connectivity index (χ0v) is 15.0. The van der Waals surface area contributed by atoms with E-state index in [0.717, 1.165) is 22.0 Å². The maximum Gasteiger partial charge on any atom is 0.258 e. The van der Waals surface area contributed by atoms with Gasteiger partial charge in [0.2, 0.25) is 5.82 Å². The number of aromatic nitrogens is 4. The van der Waals surface area contributed by atoms with E-state index < -0.39 is 0 Å². The van der Waals surface area contributed by atoms with Gasteiger partial charge in [0.25, 0.3) is 5.89 Å². The zero-order valence-electron chi connectivity index (χ0n) is 13.9. The summed E-state index contributed by atoms with van der Waals surface area (Å²) >= 11 is 0. The number of nitrogens with zero attached hydrogens (tertiary/aromatic N) is 4. The summed E-state index contributed by atoms with van der Waals surface area (Å²) in [5, 5.41) is 9.57. The Morgan fingerprint density at radius 1 is 1.16 bits per heavy atom. The molecule has 1 atom stereocenters. The van der Waals surface area contributed by atoms with E-state index >= 15 is 0 Å². The monoisotopic (exact) mass is 352 g/mol. The third-order valence-electron chi connectivity index (χ3n) is 4.01. The number of rotatable bonds is 4. The summed E-state index contributed by atoms with van der Waals surface area (Å²) in [6.07, 6.45) is 1.85. The highest BCUT2D eigenvalue weighted by Crippen LogP contribution is 2.31. The molecule has 2 aromatic heterocycles. The second-order valence-electron chi connectivity index (χ2n) is 5.99. The SMILES string of the molecule is CC(C)n1ncc2cc(-c3nc(-c4ccccc4OP)no3)ccc21. The van der Waals surface area contributed by atoms with Crippen LogP contribution in [0.25, 0.3) is 33.7 Å². The van der Waals surface area contributed by atoms with E-state index in [2.05, 4.69) is 38.6 Å². The maximum atomic E-state index is 5.46. The average Bonchev–Trinajstić information content (AvgIpc) is 3.28. The minimum Gasteiger partial charge on any atom is -0.480 e. The Bertz CT molecular complexity index is 1040. The third-order valence-corrected chi connectivity index (χ3v) is 4.27. The molecule has 1 unspecified atom stereocenters. The van der Waals surface area contributed by atoms with Crippen molar-refractivity contribution in [3.8, 4) is 28.6 Å². The van der Waals surface area contributed by atoms with Crippen LogP contribution < -0.4 is 4.52 Å². The average molecular weight is 352 g/mol. The van der Waals surface area contributed by atoms with Crippen molar-refractivity contribution in [3.63, 3.8) is 0 Å². The zero-order chi connectivity index (χ0) is 17.4. The number of hydrogen-bond donors (Lipinski definition) is 0. The molecule has 0 aliphatic carbocycles. The maximum absolute atomic E-state index is 5.46. The standard InChI is InChI=1S/C18H17N4O2P/c1-11(2)22-15-8-7-12(9-13(15)10-19-22)18-20-17(21-23-18)14-5-3-4-6-16(14)24-25/h3-11H,25H2,1-2H3. The van der Waals surface area contributed by atoms with Gasteiger partial charge in [-0.1, -0.05) is 17.3 Å². The molecule has 0 radical (unpaired) electrons. The summed E-state index contributed by atoms with van der Waals surface area (Å²) in [6, 6.07) is 13.9. The first-order valence-electron chi connectivity index (χ1n) is 7.95. The number of benzene rings is 2. The van der Waals surface area contributed by atoms with E-state index in [1.165, 1.54) is 0 Å². The molecule has 25 heavy (non-hydrogen) atoms. The Balaban J connectivity index is 1.74. The molecule has 2 heterocycles. The van der Waals surface area contributed by atoms with Crippen molar-refractivity contribution >= 4 is 20.4 Å². The highest BCUT2D eigenvalue weighted by molar-refractivity contribution is 7.10. The number of fused-ring (bicyclic) bond motifs is 1. The molecule has 0 fully saturated rings. The van der Waals surface area contributed by atoms with E-state index in [0.29, 0.717) is 23.5 Å². The van der Waals surface area contributed by atoms with Gasteiger partial charge in [-0.05, 0) is 44.2 Å². The summed E-state index contributed by atoms with van der Waals surface area (Å²) in [6.45, 7) is 4.21. The molecule has 2 aromatic carbocycles. The minimum atomic E-state index is 0.307. The van der Waals surface area contributed by atoms with Crippen LogP contribution in [0.2, 0.25) is 0 Å². The largest absolute Gasteiger partial charge is 0.480 e. The van der Waals surface area contributed by atoms with Crippen LogP contribution in [-0.4, -0.2) is 19.9 Å². The Labute approximate surface area is 147 Å². The van der Waals surface area contributed by atoms with Crippen LogP contribution in [0.5, 0.6) is 5.75 Å². The summed E-state index contributed by atoms with van der Waals surface area (Å²) < 4.78 is 12.7. The lowest BCUT2D eigenvalue weighted by Crippen LogP contribution is -2.01. The predicted molar refractivity (Wildman–Crippen MR) is 99.2 cm³/mol. The summed E-state index contributed by atoms with van der Waals surface area (Å²) in [7, 11) is 2.24. The topological polar surface area (TPSA) is 66.0 Å². The molecule has 0 spiro atoms. The fourth-order valence-electron chi connectivity index (χ4n) is 2.80. The Morgan fingerprint density at radius 2 is 2.00 bits per heavy atom. The molecule has 126 valence electrons. The van der Waals surface area contributed by atoms with Gasteiger partial charge in [-0.25, -0.2) is 0 Å². The quantitative estimate of drug-likeness (QED) is 0.506. The molecule has 0 saturated heterocycles. The van der Waals surface area contributed by atoms with E-state index in [9.17, 15) is 0 Å². The van der Waals surface area contributed by atoms with Crippen LogP contribution >= 0.6 is 9.47 Å². The molecule has 0 saturated carbocycles. The fourth-order valence-corrected chi connectivity index (χ4v) is 3.01. The lowest BCUT2D eigenvalue weighted by atomic mass is 10.1. The van der Waals surface area contributed by atoms with Crippen LogP contribution in [-0.2, 0) is 0 Å². The molecule has 0 N–H and O–H groups in total. The number of para-hydroxylation sites is 1. The third kappa shape index (κ3) is 2.79. The molecule has 6 nitrogen and oxygen atoms in total. The van der Waals surface area contributed by atoms with E-state index in [1.807, 2.05) is 53.3 Å². The number of hydrogen-bond acceptors (Lipinski definition) is 5. The van der Waals surface area contributed by atoms with Crippen molar-refractivity contribution in [2.45, 2.75) is 19.9 Å². The summed E-state index contributed by atoms with van der Waals surface area (Å²) in [5.74, 6) is 1.63. The minimum absolute atomic E-state index is 0.307. The van der Waals surface area contributed by atoms with Gasteiger partial charge in [0.15, 0.2) is 0 Å². The van der Waals surface area contributed by atoms with Crippen molar-refractivity contribution in [1.29, 1.82) is 0 Å². The molecule has 0 aliphatic heterocycles. The predicted octanol–water partition coefficient (Wildman–Crippen LogP) is 4.50. The van der Waals surface area contributed by atoms with E-state index in [4.69, 9.17) is 9.05 Å². The molecule has 0 aliphatic rings. The summed E-state index contributed by atoms with van der Waals surface area (Å²) in [5.41, 5.74) is 2.72. The van der Waals surface area contributed by atoms with Crippen LogP contribution in [0.4, 0.5) is 0 Å². The van der Waals surface area contributed by atoms with Crippen LogP contribution in [0, 0.1) is 0 Å². The van der Waals surface area contributed by atoms with Crippen LogP contribution in [0.1, 0.15) is 19.9 Å². The van der Waals surface area contributed by atoms with Gasteiger partial charge in [0, 0.05) is 17.0 Å². The lowest BCUT2D eigenvalue weighted by molar-refractivity contribution is 0.432. The van der Waals surface area contributed by atoms with Gasteiger partial charge in [0.1, 0.15) is 5.75 Å². The van der Waals surface area contributed by atoms with Gasteiger partial charge in [-0.2, -0.15) is 10.1 Å². The second kappa shape index (κ2) is 6.30. The highest BCUT2D eigenvalue weighted by Gasteiger charge is 2.15. The van der Waals surface area contributed by atoms with Gasteiger partial charge in [0.05, 0.1) is 26.7 Å². The smallest absolute Gasteiger partial charge is 0.258 e. The second-order valence-corrected chi connectivity index (χ2v) is 6.23. The van der Waals surface area contributed by atoms with Crippen molar-refractivity contribution in [3.05, 3.63) is 48.7 Å². The Hall–Kier alpha value is -2.72. The van der Waals surface area contributed by atoms with E-state index in [-0.39, 0.29) is 0 Å². The van der Waals surface area contributed by atoms with Gasteiger partial charge < -0.3 is 9.05 Å². The fraction of sp³-hybridized carbons (Fsp3) is 0.167. The Morgan fingerprint density at radius 3 is 2.80 bits per heavy atom. The first-order chi connectivity index (χ1) is 12.2. The van der Waals surface area contributed by atoms with Crippen LogP contribution in [0.3, 0.4) is 0 Å². The molecule has 0 bridgehead atoms. The van der Waals surface area contributed by atoms with Crippen molar-refractivity contribution < 1.29 is 9.05 Å². The molecule has 4 aromatic rings. The first kappa shape index (κ1) is 15.8. The van der Waals surface area contributed by atoms with Crippen molar-refractivity contribution in [2.24, 2.45) is 0 Å². The van der Waals surface area contributed by atoms with Crippen LogP contribution in [0.15, 0.2) is 53.2 Å². The Kier molecular flexibility index (Phi) is 3.98. The van der Waals surface area contributed by atoms with E-state index in [1.54, 1.807) is 0 Å². The van der Waals surface area contributed by atoms with Gasteiger partial charge in [-0.15, -0.1) is 0 Å². The molecular weight excluding hydrogens is 335 g/mol. The molecular formula is C18H17N4O2P. The first-order valence-corrected chi connectivity index (χ1v) is 8.42. The lowest BCUT2D eigenvalue weighted by Gasteiger charge is -2.06. The molecule has 7 heteroatoms. The molecule has 0 amide bonds.